The molecule has 2 nitrogen and oxygen atoms in total. The van der Waals surface area contributed by atoms with Crippen LogP contribution in [0.3, 0.4) is 0 Å². The Labute approximate surface area is 120 Å². The van der Waals surface area contributed by atoms with E-state index in [-0.39, 0.29) is 11.6 Å². The summed E-state index contributed by atoms with van der Waals surface area (Å²) in [6, 6.07) is 9.70. The maximum absolute atomic E-state index is 13.1. The monoisotopic (exact) mass is 292 g/mol. The fourth-order valence-electron chi connectivity index (χ4n) is 1.90. The van der Waals surface area contributed by atoms with Crippen LogP contribution in [0.25, 0.3) is 0 Å². The summed E-state index contributed by atoms with van der Waals surface area (Å²) in [4.78, 5) is 0. The lowest BCUT2D eigenvalue weighted by atomic mass is 10.1. The first-order valence-electron chi connectivity index (χ1n) is 5.92. The molecule has 20 heavy (non-hydrogen) atoms. The van der Waals surface area contributed by atoms with E-state index in [2.05, 4.69) is 5.32 Å². The van der Waals surface area contributed by atoms with Crippen molar-refractivity contribution >= 4 is 17.3 Å². The summed E-state index contributed by atoms with van der Waals surface area (Å²) < 4.78 is 26.1. The highest BCUT2D eigenvalue weighted by atomic mass is 35.5. The van der Waals surface area contributed by atoms with Crippen LogP contribution in [0, 0.1) is 23.0 Å². The number of nitriles is 1. The first-order valence-corrected chi connectivity index (χ1v) is 6.30. The lowest BCUT2D eigenvalue weighted by Crippen LogP contribution is -2.08. The van der Waals surface area contributed by atoms with Gasteiger partial charge in [0.05, 0.1) is 17.3 Å². The third-order valence-corrected chi connectivity index (χ3v) is 3.23. The Morgan fingerprint density at radius 3 is 2.45 bits per heavy atom. The second-order valence-corrected chi connectivity index (χ2v) is 4.74. The predicted octanol–water partition coefficient (Wildman–Crippen LogP) is 4.66. The molecule has 0 aliphatic rings. The average Bonchev–Trinajstić information content (AvgIpc) is 2.40. The van der Waals surface area contributed by atoms with Gasteiger partial charge >= 0.3 is 0 Å². The van der Waals surface area contributed by atoms with Gasteiger partial charge in [-0.2, -0.15) is 5.26 Å². The second kappa shape index (κ2) is 5.89. The third kappa shape index (κ3) is 3.06. The molecule has 0 radical (unpaired) electrons. The van der Waals surface area contributed by atoms with Gasteiger partial charge in [-0.25, -0.2) is 8.78 Å². The molecule has 0 spiro atoms. The Bertz CT molecular complexity index is 680. The number of hydrogen-bond donors (Lipinski definition) is 1. The van der Waals surface area contributed by atoms with Gasteiger partial charge in [-0.1, -0.05) is 17.7 Å². The fourth-order valence-corrected chi connectivity index (χ4v) is 2.23. The fraction of sp³-hybridized carbons (Fsp3) is 0.133. The van der Waals surface area contributed by atoms with Crippen molar-refractivity contribution in [3.05, 3.63) is 64.2 Å². The molecule has 102 valence electrons. The summed E-state index contributed by atoms with van der Waals surface area (Å²) in [7, 11) is 0. The number of halogens is 3. The molecule has 1 unspecified atom stereocenters. The van der Waals surface area contributed by atoms with E-state index in [1.165, 1.54) is 24.3 Å². The number of nitrogens with zero attached hydrogens (tertiary/aromatic N) is 1. The van der Waals surface area contributed by atoms with E-state index >= 15 is 0 Å². The molecule has 2 rings (SSSR count). The molecule has 0 bridgehead atoms. The van der Waals surface area contributed by atoms with Crippen LogP contribution in [0.15, 0.2) is 36.4 Å². The molecular formula is C15H11ClF2N2. The number of benzene rings is 2. The predicted molar refractivity (Wildman–Crippen MR) is 74.6 cm³/mol. The molecule has 1 N–H and O–H groups in total. The highest BCUT2D eigenvalue weighted by Gasteiger charge is 2.12. The van der Waals surface area contributed by atoms with E-state index in [1.54, 1.807) is 6.07 Å². The van der Waals surface area contributed by atoms with Crippen LogP contribution >= 0.6 is 11.6 Å². The van der Waals surface area contributed by atoms with Crippen LogP contribution < -0.4 is 5.32 Å². The molecular weight excluding hydrogens is 282 g/mol. The third-order valence-electron chi connectivity index (χ3n) is 2.90. The van der Waals surface area contributed by atoms with Crippen LogP contribution in [0.4, 0.5) is 14.5 Å². The van der Waals surface area contributed by atoms with Crippen LogP contribution in [-0.4, -0.2) is 0 Å². The molecule has 2 aromatic rings. The van der Waals surface area contributed by atoms with Crippen molar-refractivity contribution in [2.45, 2.75) is 13.0 Å². The number of rotatable bonds is 3. The van der Waals surface area contributed by atoms with E-state index in [9.17, 15) is 8.78 Å². The molecule has 0 fully saturated rings. The summed E-state index contributed by atoms with van der Waals surface area (Å²) in [5.74, 6) is -0.884. The number of hydrogen-bond acceptors (Lipinski definition) is 2. The zero-order chi connectivity index (χ0) is 14.7. The molecule has 0 aliphatic heterocycles. The van der Waals surface area contributed by atoms with Gasteiger partial charge in [-0.15, -0.1) is 0 Å². The van der Waals surface area contributed by atoms with Crippen molar-refractivity contribution < 1.29 is 8.78 Å². The van der Waals surface area contributed by atoms with Gasteiger partial charge in [0.2, 0.25) is 0 Å². The van der Waals surface area contributed by atoms with Gasteiger partial charge in [-0.3, -0.25) is 0 Å². The minimum atomic E-state index is -0.473. The maximum atomic E-state index is 13.1. The van der Waals surface area contributed by atoms with Gasteiger partial charge in [0.1, 0.15) is 17.7 Å². The Balaban J connectivity index is 2.28. The zero-order valence-electron chi connectivity index (χ0n) is 10.6. The minimum absolute atomic E-state index is 0.204. The van der Waals surface area contributed by atoms with Gasteiger partial charge in [-0.05, 0) is 42.8 Å². The molecule has 0 saturated heterocycles. The molecule has 0 heterocycles. The Morgan fingerprint density at radius 2 is 1.80 bits per heavy atom. The molecule has 0 amide bonds. The van der Waals surface area contributed by atoms with Crippen LogP contribution in [-0.2, 0) is 0 Å². The summed E-state index contributed by atoms with van der Waals surface area (Å²) in [6.07, 6.45) is 0. The topological polar surface area (TPSA) is 35.8 Å². The number of anilines is 1. The highest BCUT2D eigenvalue weighted by Crippen LogP contribution is 2.28. The van der Waals surface area contributed by atoms with E-state index in [0.29, 0.717) is 16.3 Å². The first-order chi connectivity index (χ1) is 9.51. The Hall–Kier alpha value is -2.12. The van der Waals surface area contributed by atoms with E-state index in [4.69, 9.17) is 16.9 Å². The zero-order valence-corrected chi connectivity index (χ0v) is 11.4. The SMILES string of the molecule is CC(Nc1ccc(F)cc1C#N)c1ccc(F)cc1Cl. The van der Waals surface area contributed by atoms with E-state index in [0.717, 1.165) is 6.07 Å². The summed E-state index contributed by atoms with van der Waals surface area (Å²) in [5.41, 5.74) is 1.40. The lowest BCUT2D eigenvalue weighted by Gasteiger charge is -2.18. The quantitative estimate of drug-likeness (QED) is 0.893. The normalized spacial score (nSPS) is 11.8. The number of nitrogens with one attached hydrogen (secondary N) is 1. The van der Waals surface area contributed by atoms with Crippen molar-refractivity contribution in [1.82, 2.24) is 0 Å². The maximum Gasteiger partial charge on any atom is 0.124 e. The van der Waals surface area contributed by atoms with Crippen molar-refractivity contribution in [2.24, 2.45) is 0 Å². The molecule has 0 aliphatic carbocycles. The van der Waals surface area contributed by atoms with Gasteiger partial charge < -0.3 is 5.32 Å². The van der Waals surface area contributed by atoms with Gasteiger partial charge in [0.25, 0.3) is 0 Å². The summed E-state index contributed by atoms with van der Waals surface area (Å²) in [5, 5.41) is 12.4. The van der Waals surface area contributed by atoms with Crippen LogP contribution in [0.1, 0.15) is 24.1 Å². The van der Waals surface area contributed by atoms with Crippen molar-refractivity contribution in [2.75, 3.05) is 5.32 Å². The largest absolute Gasteiger partial charge is 0.377 e. The second-order valence-electron chi connectivity index (χ2n) is 4.33. The molecule has 2 aromatic carbocycles. The summed E-state index contributed by atoms with van der Waals surface area (Å²) in [6.45, 7) is 1.82. The molecule has 5 heteroatoms. The van der Waals surface area contributed by atoms with Crippen LogP contribution in [0.5, 0.6) is 0 Å². The molecule has 0 aromatic heterocycles. The van der Waals surface area contributed by atoms with E-state index in [1.807, 2.05) is 13.0 Å². The standard InChI is InChI=1S/C15H11ClF2N2/c1-9(13-4-2-12(18)7-14(13)16)20-15-5-3-11(17)6-10(15)8-19/h2-7,9,20H,1H3. The average molecular weight is 293 g/mol. The van der Waals surface area contributed by atoms with Crippen molar-refractivity contribution in [3.63, 3.8) is 0 Å². The lowest BCUT2D eigenvalue weighted by molar-refractivity contribution is 0.625. The minimum Gasteiger partial charge on any atom is -0.377 e. The van der Waals surface area contributed by atoms with Crippen LogP contribution in [0.2, 0.25) is 5.02 Å². The van der Waals surface area contributed by atoms with E-state index < -0.39 is 11.6 Å². The van der Waals surface area contributed by atoms with Gasteiger partial charge in [0.15, 0.2) is 0 Å². The Morgan fingerprint density at radius 1 is 1.15 bits per heavy atom. The highest BCUT2D eigenvalue weighted by molar-refractivity contribution is 6.31. The van der Waals surface area contributed by atoms with Gasteiger partial charge in [0, 0.05) is 5.02 Å². The van der Waals surface area contributed by atoms with Crippen molar-refractivity contribution in [1.29, 1.82) is 5.26 Å². The molecule has 0 saturated carbocycles. The van der Waals surface area contributed by atoms with Crippen molar-refractivity contribution in [3.8, 4) is 6.07 Å². The summed E-state index contributed by atoms with van der Waals surface area (Å²) >= 11 is 5.98. The molecule has 1 atom stereocenters. The first kappa shape index (κ1) is 14.3. The Kier molecular flexibility index (Phi) is 4.21. The smallest absolute Gasteiger partial charge is 0.124 e.